The van der Waals surface area contributed by atoms with Gasteiger partial charge in [0.1, 0.15) is 4.21 Å². The van der Waals surface area contributed by atoms with Crippen molar-refractivity contribution in [2.75, 3.05) is 13.2 Å². The highest BCUT2D eigenvalue weighted by atomic mass is 79.9. The molecule has 0 amide bonds. The quantitative estimate of drug-likeness (QED) is 0.823. The lowest BCUT2D eigenvalue weighted by Crippen LogP contribution is -2.34. The summed E-state index contributed by atoms with van der Waals surface area (Å²) in [6.45, 7) is 6.06. The van der Waals surface area contributed by atoms with E-state index in [9.17, 15) is 8.42 Å². The third kappa shape index (κ3) is 4.31. The summed E-state index contributed by atoms with van der Waals surface area (Å²) in [5.74, 6) is 0. The first-order valence-electron chi connectivity index (χ1n) is 5.54. The Labute approximate surface area is 121 Å². The minimum atomic E-state index is -3.46. The highest BCUT2D eigenvalue weighted by molar-refractivity contribution is 9.11. The maximum Gasteiger partial charge on any atom is 0.250 e. The Morgan fingerprint density at radius 1 is 1.50 bits per heavy atom. The number of sulfonamides is 1. The zero-order valence-corrected chi connectivity index (χ0v) is 13.9. The van der Waals surface area contributed by atoms with Gasteiger partial charge in [0.15, 0.2) is 0 Å². The van der Waals surface area contributed by atoms with Crippen molar-refractivity contribution in [3.05, 3.63) is 15.4 Å². The van der Waals surface area contributed by atoms with E-state index in [0.29, 0.717) is 17.2 Å². The first kappa shape index (κ1) is 16.1. The molecule has 0 aliphatic carbocycles. The van der Waals surface area contributed by atoms with Crippen LogP contribution >= 0.6 is 27.3 Å². The van der Waals surface area contributed by atoms with Gasteiger partial charge in [0.25, 0.3) is 0 Å². The first-order valence-corrected chi connectivity index (χ1v) is 8.64. The molecule has 1 aromatic rings. The summed E-state index contributed by atoms with van der Waals surface area (Å²) in [7, 11) is -3.46. The van der Waals surface area contributed by atoms with Crippen LogP contribution in [0, 0.1) is 12.3 Å². The molecule has 2 N–H and O–H groups in total. The van der Waals surface area contributed by atoms with Gasteiger partial charge < -0.3 is 5.11 Å². The molecule has 18 heavy (non-hydrogen) atoms. The maximum atomic E-state index is 12.1. The first-order chi connectivity index (χ1) is 8.18. The highest BCUT2D eigenvalue weighted by Crippen LogP contribution is 2.30. The van der Waals surface area contributed by atoms with Gasteiger partial charge in [0.05, 0.1) is 3.79 Å². The Hall–Kier alpha value is 0.0500. The molecule has 0 unspecified atom stereocenters. The normalized spacial score (nSPS) is 12.9. The fourth-order valence-corrected chi connectivity index (χ4v) is 4.83. The molecule has 1 heterocycles. The molecule has 1 aromatic heterocycles. The Balaban J connectivity index is 2.77. The summed E-state index contributed by atoms with van der Waals surface area (Å²) in [6.07, 6.45) is 0.558. The van der Waals surface area contributed by atoms with Crippen molar-refractivity contribution in [1.82, 2.24) is 4.72 Å². The van der Waals surface area contributed by atoms with Gasteiger partial charge in [-0.05, 0) is 46.3 Å². The molecule has 0 radical (unpaired) electrons. The smallest absolute Gasteiger partial charge is 0.250 e. The third-order valence-corrected chi connectivity index (χ3v) is 6.64. The van der Waals surface area contributed by atoms with Gasteiger partial charge in [-0.2, -0.15) is 0 Å². The Morgan fingerprint density at radius 3 is 2.56 bits per heavy atom. The number of thiophene rings is 1. The summed E-state index contributed by atoms with van der Waals surface area (Å²) in [5.41, 5.74) is 0.653. The minimum Gasteiger partial charge on any atom is -0.396 e. The molecule has 0 saturated heterocycles. The molecular weight excluding hydrogens is 338 g/mol. The maximum absolute atomic E-state index is 12.1. The molecule has 0 bridgehead atoms. The van der Waals surface area contributed by atoms with Crippen LogP contribution in [0.2, 0.25) is 0 Å². The van der Waals surface area contributed by atoms with E-state index in [1.165, 1.54) is 11.3 Å². The molecule has 1 rings (SSSR count). The fraction of sp³-hybridized carbons (Fsp3) is 0.636. The van der Waals surface area contributed by atoms with Crippen LogP contribution in [0.4, 0.5) is 0 Å². The van der Waals surface area contributed by atoms with E-state index >= 15 is 0 Å². The Morgan fingerprint density at radius 2 is 2.11 bits per heavy atom. The SMILES string of the molecule is Cc1cc(S(=O)(=O)NCC(C)(C)CCO)sc1Br. The van der Waals surface area contributed by atoms with Crippen molar-refractivity contribution < 1.29 is 13.5 Å². The second-order valence-electron chi connectivity index (χ2n) is 4.98. The molecule has 0 saturated carbocycles. The molecule has 0 aliphatic rings. The molecule has 0 aliphatic heterocycles. The van der Waals surface area contributed by atoms with Crippen LogP contribution < -0.4 is 4.72 Å². The van der Waals surface area contributed by atoms with E-state index in [1.54, 1.807) is 6.07 Å². The van der Waals surface area contributed by atoms with E-state index in [1.807, 2.05) is 20.8 Å². The predicted octanol–water partition coefficient (Wildman–Crippen LogP) is 2.51. The predicted molar refractivity (Wildman–Crippen MR) is 77.4 cm³/mol. The van der Waals surface area contributed by atoms with Crippen LogP contribution in [0.5, 0.6) is 0 Å². The summed E-state index contributed by atoms with van der Waals surface area (Å²) < 4.78 is 27.9. The molecular formula is C11H18BrNO3S2. The molecule has 0 spiro atoms. The van der Waals surface area contributed by atoms with Gasteiger partial charge in [-0.1, -0.05) is 13.8 Å². The average Bonchev–Trinajstić information content (AvgIpc) is 2.58. The molecule has 0 fully saturated rings. The number of nitrogens with one attached hydrogen (secondary N) is 1. The number of aliphatic hydroxyl groups is 1. The van der Waals surface area contributed by atoms with E-state index in [0.717, 1.165) is 9.35 Å². The summed E-state index contributed by atoms with van der Waals surface area (Å²) >= 11 is 4.52. The Kier molecular flexibility index (Phi) is 5.37. The minimum absolute atomic E-state index is 0.0540. The van der Waals surface area contributed by atoms with Gasteiger partial charge in [-0.15, -0.1) is 11.3 Å². The van der Waals surface area contributed by atoms with Crippen molar-refractivity contribution in [3.63, 3.8) is 0 Å². The van der Waals surface area contributed by atoms with E-state index in [2.05, 4.69) is 20.7 Å². The third-order valence-electron chi connectivity index (χ3n) is 2.63. The summed E-state index contributed by atoms with van der Waals surface area (Å²) in [6, 6.07) is 1.65. The lowest BCUT2D eigenvalue weighted by molar-refractivity contribution is 0.213. The fourth-order valence-electron chi connectivity index (χ4n) is 1.32. The van der Waals surface area contributed by atoms with Gasteiger partial charge in [-0.25, -0.2) is 13.1 Å². The van der Waals surface area contributed by atoms with Crippen LogP contribution in [0.3, 0.4) is 0 Å². The van der Waals surface area contributed by atoms with Crippen LogP contribution in [0.25, 0.3) is 0 Å². The number of rotatable bonds is 6. The molecule has 104 valence electrons. The van der Waals surface area contributed by atoms with Crippen molar-refractivity contribution >= 4 is 37.3 Å². The standard InChI is InChI=1S/C11H18BrNO3S2/c1-8-6-9(17-10(8)12)18(15,16)13-7-11(2,3)4-5-14/h6,13-14H,4-5,7H2,1-3H3. The number of aliphatic hydroxyl groups excluding tert-OH is 1. The second kappa shape index (κ2) is 6.00. The summed E-state index contributed by atoms with van der Waals surface area (Å²) in [4.78, 5) is 0. The lowest BCUT2D eigenvalue weighted by atomic mass is 9.90. The molecule has 7 heteroatoms. The number of hydrogen-bond acceptors (Lipinski definition) is 4. The lowest BCUT2D eigenvalue weighted by Gasteiger charge is -2.23. The van der Waals surface area contributed by atoms with Crippen molar-refractivity contribution in [3.8, 4) is 0 Å². The topological polar surface area (TPSA) is 66.4 Å². The second-order valence-corrected chi connectivity index (χ2v) is 9.35. The van der Waals surface area contributed by atoms with Gasteiger partial charge in [0, 0.05) is 13.2 Å². The van der Waals surface area contributed by atoms with Crippen LogP contribution in [-0.2, 0) is 10.0 Å². The van der Waals surface area contributed by atoms with Gasteiger partial charge in [0.2, 0.25) is 10.0 Å². The number of halogens is 1. The average molecular weight is 356 g/mol. The monoisotopic (exact) mass is 355 g/mol. The number of aryl methyl sites for hydroxylation is 1. The molecule has 0 atom stereocenters. The van der Waals surface area contributed by atoms with E-state index < -0.39 is 10.0 Å². The van der Waals surface area contributed by atoms with Crippen LogP contribution in [0.1, 0.15) is 25.8 Å². The Bertz CT molecular complexity index is 489. The van der Waals surface area contributed by atoms with Gasteiger partial charge >= 0.3 is 0 Å². The zero-order chi connectivity index (χ0) is 14.0. The number of hydrogen-bond donors (Lipinski definition) is 2. The highest BCUT2D eigenvalue weighted by Gasteiger charge is 2.23. The van der Waals surface area contributed by atoms with E-state index in [4.69, 9.17) is 5.11 Å². The van der Waals surface area contributed by atoms with Crippen molar-refractivity contribution in [2.45, 2.75) is 31.4 Å². The van der Waals surface area contributed by atoms with Crippen LogP contribution in [0.15, 0.2) is 14.1 Å². The van der Waals surface area contributed by atoms with Gasteiger partial charge in [-0.3, -0.25) is 0 Å². The zero-order valence-electron chi connectivity index (χ0n) is 10.7. The van der Waals surface area contributed by atoms with Crippen molar-refractivity contribution in [2.24, 2.45) is 5.41 Å². The van der Waals surface area contributed by atoms with Crippen LogP contribution in [-0.4, -0.2) is 26.7 Å². The molecule has 4 nitrogen and oxygen atoms in total. The van der Waals surface area contributed by atoms with E-state index in [-0.39, 0.29) is 12.0 Å². The van der Waals surface area contributed by atoms with Crippen molar-refractivity contribution in [1.29, 1.82) is 0 Å². The summed E-state index contributed by atoms with van der Waals surface area (Å²) in [5, 5.41) is 8.91. The largest absolute Gasteiger partial charge is 0.396 e. The molecule has 0 aromatic carbocycles.